The van der Waals surface area contributed by atoms with Crippen LogP contribution >= 0.6 is 0 Å². The van der Waals surface area contributed by atoms with Gasteiger partial charge in [-0.1, -0.05) is 36.4 Å². The molecule has 6 nitrogen and oxygen atoms in total. The number of aromatic amines is 1. The molecule has 0 bridgehead atoms. The van der Waals surface area contributed by atoms with Crippen LogP contribution in [0.1, 0.15) is 21.6 Å². The van der Waals surface area contributed by atoms with Gasteiger partial charge in [-0.05, 0) is 23.6 Å². The van der Waals surface area contributed by atoms with E-state index in [9.17, 15) is 4.79 Å². The molecule has 0 aliphatic heterocycles. The fourth-order valence-electron chi connectivity index (χ4n) is 2.49. The largest absolute Gasteiger partial charge is 0.382 e. The summed E-state index contributed by atoms with van der Waals surface area (Å²) in [5, 5.41) is 6.53. The second kappa shape index (κ2) is 7.41. The fraction of sp³-hybridized carbons (Fsp3) is 0.167. The molecule has 0 radical (unpaired) electrons. The van der Waals surface area contributed by atoms with E-state index < -0.39 is 0 Å². The Morgan fingerprint density at radius 2 is 1.92 bits per heavy atom. The van der Waals surface area contributed by atoms with Crippen molar-refractivity contribution in [2.45, 2.75) is 13.0 Å². The Balaban J connectivity index is 1.76. The van der Waals surface area contributed by atoms with Gasteiger partial charge in [-0.3, -0.25) is 14.9 Å². The topological polar surface area (TPSA) is 87.9 Å². The van der Waals surface area contributed by atoms with Gasteiger partial charge in [0.05, 0.1) is 0 Å². The number of anilines is 1. The van der Waals surface area contributed by atoms with E-state index in [1.807, 2.05) is 30.3 Å². The third kappa shape index (κ3) is 3.98. The summed E-state index contributed by atoms with van der Waals surface area (Å²) in [6.07, 6.45) is 4.26. The molecule has 24 heavy (non-hydrogen) atoms. The van der Waals surface area contributed by atoms with Gasteiger partial charge < -0.3 is 10.6 Å². The summed E-state index contributed by atoms with van der Waals surface area (Å²) in [5.41, 5.74) is 8.17. The molecule has 2 heterocycles. The molecule has 3 rings (SSSR count). The van der Waals surface area contributed by atoms with Crippen molar-refractivity contribution in [2.24, 2.45) is 0 Å². The van der Waals surface area contributed by atoms with Gasteiger partial charge in [0.15, 0.2) is 0 Å². The minimum Gasteiger partial charge on any atom is -0.382 e. The normalized spacial score (nSPS) is 10.5. The first kappa shape index (κ1) is 15.7. The number of hydrogen-bond acceptors (Lipinski definition) is 4. The zero-order valence-corrected chi connectivity index (χ0v) is 13.2. The summed E-state index contributed by atoms with van der Waals surface area (Å²) in [6, 6.07) is 15.5. The summed E-state index contributed by atoms with van der Waals surface area (Å²) in [7, 11) is 0. The van der Waals surface area contributed by atoms with Crippen molar-refractivity contribution < 1.29 is 4.79 Å². The standard InChI is InChI=1S/C18H19N5O/c19-17-11-16(21-22-17)18(24)23(13-15-7-4-9-20-12-15)10-8-14-5-2-1-3-6-14/h1-7,9,11-12H,8,10,13H2,(H3,19,21,22). The first-order chi connectivity index (χ1) is 11.7. The van der Waals surface area contributed by atoms with Gasteiger partial charge >= 0.3 is 0 Å². The first-order valence-electron chi connectivity index (χ1n) is 7.75. The summed E-state index contributed by atoms with van der Waals surface area (Å²) in [4.78, 5) is 18.7. The molecule has 3 aromatic rings. The van der Waals surface area contributed by atoms with Crippen LogP contribution in [0, 0.1) is 0 Å². The van der Waals surface area contributed by atoms with E-state index in [1.54, 1.807) is 23.4 Å². The Kier molecular flexibility index (Phi) is 4.86. The predicted molar refractivity (Wildman–Crippen MR) is 92.1 cm³/mol. The van der Waals surface area contributed by atoms with Crippen molar-refractivity contribution in [3.05, 3.63) is 77.7 Å². The number of carbonyl (C=O) groups excluding carboxylic acids is 1. The molecule has 0 fully saturated rings. The molecule has 0 aliphatic rings. The third-order valence-corrected chi connectivity index (χ3v) is 3.72. The predicted octanol–water partition coefficient (Wildman–Crippen LogP) is 2.27. The minimum atomic E-state index is -0.126. The molecule has 0 aliphatic carbocycles. The van der Waals surface area contributed by atoms with E-state index >= 15 is 0 Å². The Morgan fingerprint density at radius 3 is 2.58 bits per heavy atom. The summed E-state index contributed by atoms with van der Waals surface area (Å²) in [6.45, 7) is 1.08. The second-order valence-corrected chi connectivity index (χ2v) is 5.53. The third-order valence-electron chi connectivity index (χ3n) is 3.72. The van der Waals surface area contributed by atoms with Gasteiger partial charge in [-0.25, -0.2) is 0 Å². The maximum absolute atomic E-state index is 12.8. The highest BCUT2D eigenvalue weighted by Gasteiger charge is 2.18. The van der Waals surface area contributed by atoms with Crippen LogP contribution in [0.15, 0.2) is 60.9 Å². The number of carbonyl (C=O) groups is 1. The van der Waals surface area contributed by atoms with Gasteiger partial charge in [-0.15, -0.1) is 0 Å². The molecular formula is C18H19N5O. The summed E-state index contributed by atoms with van der Waals surface area (Å²) in [5.74, 6) is 0.182. The fourth-order valence-corrected chi connectivity index (χ4v) is 2.49. The van der Waals surface area contributed by atoms with Crippen molar-refractivity contribution >= 4 is 11.7 Å². The number of H-pyrrole nitrogens is 1. The molecule has 1 amide bonds. The van der Waals surface area contributed by atoms with E-state index in [2.05, 4.69) is 27.3 Å². The Hall–Kier alpha value is -3.15. The van der Waals surface area contributed by atoms with Crippen molar-refractivity contribution in [3.8, 4) is 0 Å². The number of nitrogen functional groups attached to an aromatic ring is 1. The lowest BCUT2D eigenvalue weighted by Crippen LogP contribution is -2.32. The Labute approximate surface area is 140 Å². The number of aromatic nitrogens is 3. The van der Waals surface area contributed by atoms with Crippen LogP contribution in [0.2, 0.25) is 0 Å². The van der Waals surface area contributed by atoms with Gasteiger partial charge in [0.25, 0.3) is 5.91 Å². The molecular weight excluding hydrogens is 302 g/mol. The highest BCUT2D eigenvalue weighted by molar-refractivity contribution is 5.92. The number of amides is 1. The number of hydrogen-bond donors (Lipinski definition) is 2. The van der Waals surface area contributed by atoms with Gasteiger partial charge in [0.1, 0.15) is 11.5 Å². The molecule has 0 spiro atoms. The van der Waals surface area contributed by atoms with E-state index in [1.165, 1.54) is 5.56 Å². The van der Waals surface area contributed by atoms with E-state index in [4.69, 9.17) is 5.73 Å². The van der Waals surface area contributed by atoms with Gasteiger partial charge in [0.2, 0.25) is 0 Å². The monoisotopic (exact) mass is 321 g/mol. The van der Waals surface area contributed by atoms with Crippen molar-refractivity contribution in [1.29, 1.82) is 0 Å². The lowest BCUT2D eigenvalue weighted by molar-refractivity contribution is 0.0739. The van der Waals surface area contributed by atoms with E-state index in [0.29, 0.717) is 24.6 Å². The van der Waals surface area contributed by atoms with Crippen LogP contribution in [-0.4, -0.2) is 32.5 Å². The van der Waals surface area contributed by atoms with Crippen LogP contribution in [0.5, 0.6) is 0 Å². The molecule has 122 valence electrons. The number of pyridine rings is 1. The molecule has 0 saturated heterocycles. The molecule has 6 heteroatoms. The van der Waals surface area contributed by atoms with Crippen molar-refractivity contribution in [3.63, 3.8) is 0 Å². The number of rotatable bonds is 6. The quantitative estimate of drug-likeness (QED) is 0.729. The van der Waals surface area contributed by atoms with E-state index in [-0.39, 0.29) is 5.91 Å². The maximum atomic E-state index is 12.8. The molecule has 3 N–H and O–H groups in total. The molecule has 2 aromatic heterocycles. The van der Waals surface area contributed by atoms with Gasteiger partial charge in [-0.2, -0.15) is 5.10 Å². The number of nitrogens with one attached hydrogen (secondary N) is 1. The van der Waals surface area contributed by atoms with E-state index in [0.717, 1.165) is 12.0 Å². The highest BCUT2D eigenvalue weighted by atomic mass is 16.2. The van der Waals surface area contributed by atoms with Crippen LogP contribution in [0.3, 0.4) is 0 Å². The van der Waals surface area contributed by atoms with Crippen LogP contribution < -0.4 is 5.73 Å². The van der Waals surface area contributed by atoms with Gasteiger partial charge in [0, 0.05) is 31.5 Å². The molecule has 0 unspecified atom stereocenters. The zero-order chi connectivity index (χ0) is 16.8. The summed E-state index contributed by atoms with van der Waals surface area (Å²) >= 11 is 0. The smallest absolute Gasteiger partial charge is 0.272 e. The number of benzene rings is 1. The first-order valence-corrected chi connectivity index (χ1v) is 7.75. The highest BCUT2D eigenvalue weighted by Crippen LogP contribution is 2.11. The maximum Gasteiger partial charge on any atom is 0.272 e. The average molecular weight is 321 g/mol. The van der Waals surface area contributed by atoms with Crippen LogP contribution in [0.4, 0.5) is 5.82 Å². The molecule has 1 aromatic carbocycles. The molecule has 0 saturated carbocycles. The zero-order valence-electron chi connectivity index (χ0n) is 13.2. The Morgan fingerprint density at radius 1 is 1.12 bits per heavy atom. The van der Waals surface area contributed by atoms with Crippen LogP contribution in [0.25, 0.3) is 0 Å². The summed E-state index contributed by atoms with van der Waals surface area (Å²) < 4.78 is 0. The van der Waals surface area contributed by atoms with Crippen LogP contribution in [-0.2, 0) is 13.0 Å². The average Bonchev–Trinajstić information content (AvgIpc) is 3.06. The number of nitrogens with zero attached hydrogens (tertiary/aromatic N) is 3. The SMILES string of the molecule is Nc1cc(C(=O)N(CCc2ccccc2)Cc2cccnc2)[nH]n1. The Bertz CT molecular complexity index is 785. The lowest BCUT2D eigenvalue weighted by Gasteiger charge is -2.22. The number of nitrogens with two attached hydrogens (primary N) is 1. The minimum absolute atomic E-state index is 0.126. The second-order valence-electron chi connectivity index (χ2n) is 5.53. The molecule has 0 atom stereocenters. The van der Waals surface area contributed by atoms with Crippen molar-refractivity contribution in [1.82, 2.24) is 20.1 Å². The van der Waals surface area contributed by atoms with Crippen molar-refractivity contribution in [2.75, 3.05) is 12.3 Å². The lowest BCUT2D eigenvalue weighted by atomic mass is 10.1.